The highest BCUT2D eigenvalue weighted by atomic mass is 32.2. The van der Waals surface area contributed by atoms with Crippen LogP contribution in [0.3, 0.4) is 0 Å². The van der Waals surface area contributed by atoms with Gasteiger partial charge in [0.05, 0.1) is 6.42 Å². The maximum atomic E-state index is 10.5. The van der Waals surface area contributed by atoms with Gasteiger partial charge in [0.2, 0.25) is 0 Å². The Kier molecular flexibility index (Phi) is 4.90. The third-order valence-corrected chi connectivity index (χ3v) is 5.32. The number of carboxylic acids is 1. The van der Waals surface area contributed by atoms with Gasteiger partial charge in [0.25, 0.3) is 0 Å². The Labute approximate surface area is 103 Å². The predicted molar refractivity (Wildman–Crippen MR) is 69.9 cm³/mol. The van der Waals surface area contributed by atoms with Crippen LogP contribution in [0.4, 0.5) is 0 Å². The molecule has 2 nitrogen and oxygen atoms in total. The van der Waals surface area contributed by atoms with E-state index in [1.807, 2.05) is 11.8 Å². The van der Waals surface area contributed by atoms with Crippen LogP contribution in [-0.2, 0) is 4.79 Å². The van der Waals surface area contributed by atoms with Crippen molar-refractivity contribution >= 4 is 17.7 Å². The highest BCUT2D eigenvalue weighted by molar-refractivity contribution is 8.00. The van der Waals surface area contributed by atoms with E-state index in [2.05, 4.69) is 26.8 Å². The van der Waals surface area contributed by atoms with Gasteiger partial charge in [0.15, 0.2) is 0 Å². The fourth-order valence-corrected chi connectivity index (χ4v) is 3.59. The van der Waals surface area contributed by atoms with Crippen molar-refractivity contribution in [3.8, 4) is 0 Å². The molecule has 0 aliphatic heterocycles. The summed E-state index contributed by atoms with van der Waals surface area (Å²) in [6, 6.07) is 0. The molecule has 0 aromatic carbocycles. The minimum Gasteiger partial charge on any atom is -0.481 e. The second-order valence-corrected chi connectivity index (χ2v) is 6.48. The number of thioether (sulfide) groups is 1. The van der Waals surface area contributed by atoms with Crippen molar-refractivity contribution in [3.63, 3.8) is 0 Å². The molecular weight excluding hydrogens is 220 g/mol. The number of carbonyl (C=O) groups is 1. The van der Waals surface area contributed by atoms with Crippen LogP contribution in [0.2, 0.25) is 0 Å². The molecule has 16 heavy (non-hydrogen) atoms. The minimum atomic E-state index is -0.686. The summed E-state index contributed by atoms with van der Waals surface area (Å²) >= 11 is 1.86. The van der Waals surface area contributed by atoms with E-state index in [4.69, 9.17) is 5.11 Å². The standard InChI is InChI=1S/C13H22O2S/c1-10(2)13(16-9-6-12(14)15)7-4-11(3)5-8-13/h4,10H,5-9H2,1-3H3,(H,14,15). The summed E-state index contributed by atoms with van der Waals surface area (Å²) in [5.41, 5.74) is 1.48. The molecule has 0 saturated heterocycles. The van der Waals surface area contributed by atoms with Crippen molar-refractivity contribution < 1.29 is 9.90 Å². The van der Waals surface area contributed by atoms with Crippen LogP contribution in [0.15, 0.2) is 11.6 Å². The van der Waals surface area contributed by atoms with E-state index in [1.54, 1.807) is 0 Å². The Morgan fingerprint density at radius 2 is 2.31 bits per heavy atom. The van der Waals surface area contributed by atoms with E-state index in [0.717, 1.165) is 18.6 Å². The maximum Gasteiger partial charge on any atom is 0.304 e. The molecule has 0 radical (unpaired) electrons. The van der Waals surface area contributed by atoms with Crippen LogP contribution in [0.5, 0.6) is 0 Å². The van der Waals surface area contributed by atoms with Gasteiger partial charge >= 0.3 is 5.97 Å². The summed E-state index contributed by atoms with van der Waals surface area (Å²) < 4.78 is 0.273. The van der Waals surface area contributed by atoms with Gasteiger partial charge in [-0.1, -0.05) is 25.5 Å². The van der Waals surface area contributed by atoms with Gasteiger partial charge in [-0.2, -0.15) is 11.8 Å². The fourth-order valence-electron chi connectivity index (χ4n) is 2.12. The summed E-state index contributed by atoms with van der Waals surface area (Å²) in [5.74, 6) is 0.657. The molecular formula is C13H22O2S. The first kappa shape index (κ1) is 13.6. The molecule has 1 atom stereocenters. The van der Waals surface area contributed by atoms with Crippen molar-refractivity contribution in [1.29, 1.82) is 0 Å². The molecule has 0 aromatic heterocycles. The third-order valence-electron chi connectivity index (χ3n) is 3.50. The third kappa shape index (κ3) is 3.55. The van der Waals surface area contributed by atoms with Crippen LogP contribution in [0.25, 0.3) is 0 Å². The van der Waals surface area contributed by atoms with E-state index in [0.29, 0.717) is 5.92 Å². The van der Waals surface area contributed by atoms with E-state index < -0.39 is 5.97 Å². The molecule has 92 valence electrons. The molecule has 0 fully saturated rings. The SMILES string of the molecule is CC1=CCC(SCCC(=O)O)(C(C)C)CC1. The lowest BCUT2D eigenvalue weighted by Crippen LogP contribution is -2.33. The van der Waals surface area contributed by atoms with Gasteiger partial charge in [-0.05, 0) is 32.1 Å². The predicted octanol–water partition coefficient (Wildman–Crippen LogP) is 3.72. The van der Waals surface area contributed by atoms with Crippen LogP contribution < -0.4 is 0 Å². The molecule has 1 N–H and O–H groups in total. The zero-order valence-electron chi connectivity index (χ0n) is 10.5. The van der Waals surface area contributed by atoms with E-state index in [9.17, 15) is 4.79 Å². The Bertz CT molecular complexity index is 284. The Balaban J connectivity index is 2.57. The maximum absolute atomic E-state index is 10.5. The minimum absolute atomic E-state index is 0.273. The number of carboxylic acid groups (broad SMARTS) is 1. The molecule has 1 aliphatic rings. The van der Waals surface area contributed by atoms with Gasteiger partial charge < -0.3 is 5.11 Å². The van der Waals surface area contributed by atoms with Crippen molar-refractivity contribution in [1.82, 2.24) is 0 Å². The van der Waals surface area contributed by atoms with Gasteiger partial charge in [-0.3, -0.25) is 4.79 Å². The van der Waals surface area contributed by atoms with Crippen molar-refractivity contribution in [3.05, 3.63) is 11.6 Å². The lowest BCUT2D eigenvalue weighted by atomic mass is 9.82. The first-order chi connectivity index (χ1) is 7.46. The van der Waals surface area contributed by atoms with Gasteiger partial charge in [0, 0.05) is 10.5 Å². The number of aliphatic carboxylic acids is 1. The molecule has 0 bridgehead atoms. The molecule has 3 heteroatoms. The smallest absolute Gasteiger partial charge is 0.304 e. The number of allylic oxidation sites excluding steroid dienone is 2. The molecule has 0 aromatic rings. The average Bonchev–Trinajstić information content (AvgIpc) is 2.20. The van der Waals surface area contributed by atoms with Crippen molar-refractivity contribution in [2.75, 3.05) is 5.75 Å². The summed E-state index contributed by atoms with van der Waals surface area (Å²) in [5, 5.41) is 8.68. The highest BCUT2D eigenvalue weighted by Gasteiger charge is 2.34. The van der Waals surface area contributed by atoms with Crippen LogP contribution >= 0.6 is 11.8 Å². The zero-order chi connectivity index (χ0) is 12.2. The number of rotatable bonds is 5. The number of hydrogen-bond donors (Lipinski definition) is 1. The average molecular weight is 242 g/mol. The largest absolute Gasteiger partial charge is 0.481 e. The summed E-state index contributed by atoms with van der Waals surface area (Å²) in [6.07, 6.45) is 6.06. The van der Waals surface area contributed by atoms with E-state index in [-0.39, 0.29) is 11.2 Å². The van der Waals surface area contributed by atoms with Crippen molar-refractivity contribution in [2.24, 2.45) is 5.92 Å². The Morgan fingerprint density at radius 3 is 2.75 bits per heavy atom. The normalized spacial score (nSPS) is 25.6. The Morgan fingerprint density at radius 1 is 1.62 bits per heavy atom. The molecule has 1 rings (SSSR count). The summed E-state index contributed by atoms with van der Waals surface area (Å²) in [4.78, 5) is 10.5. The van der Waals surface area contributed by atoms with E-state index >= 15 is 0 Å². The monoisotopic (exact) mass is 242 g/mol. The van der Waals surface area contributed by atoms with Crippen LogP contribution in [0, 0.1) is 5.92 Å². The van der Waals surface area contributed by atoms with Crippen molar-refractivity contribution in [2.45, 2.75) is 51.2 Å². The van der Waals surface area contributed by atoms with E-state index in [1.165, 1.54) is 12.0 Å². The zero-order valence-corrected chi connectivity index (χ0v) is 11.3. The molecule has 1 aliphatic carbocycles. The molecule has 0 saturated carbocycles. The summed E-state index contributed by atoms with van der Waals surface area (Å²) in [7, 11) is 0. The second-order valence-electron chi connectivity index (χ2n) is 4.97. The first-order valence-electron chi connectivity index (χ1n) is 5.98. The Hall–Kier alpha value is -0.440. The second kappa shape index (κ2) is 5.76. The van der Waals surface area contributed by atoms with Gasteiger partial charge in [0.1, 0.15) is 0 Å². The quantitative estimate of drug-likeness (QED) is 0.747. The van der Waals surface area contributed by atoms with Crippen LogP contribution in [0.1, 0.15) is 46.5 Å². The lowest BCUT2D eigenvalue weighted by molar-refractivity contribution is -0.136. The summed E-state index contributed by atoms with van der Waals surface area (Å²) in [6.45, 7) is 6.69. The number of hydrogen-bond acceptors (Lipinski definition) is 2. The van der Waals surface area contributed by atoms with Gasteiger partial charge in [-0.15, -0.1) is 0 Å². The molecule has 1 unspecified atom stereocenters. The first-order valence-corrected chi connectivity index (χ1v) is 6.96. The van der Waals surface area contributed by atoms with Crippen LogP contribution in [-0.4, -0.2) is 21.6 Å². The topological polar surface area (TPSA) is 37.3 Å². The van der Waals surface area contributed by atoms with Gasteiger partial charge in [-0.25, -0.2) is 0 Å². The molecule has 0 heterocycles. The highest BCUT2D eigenvalue weighted by Crippen LogP contribution is 2.44. The molecule has 0 amide bonds. The fraction of sp³-hybridized carbons (Fsp3) is 0.769. The lowest BCUT2D eigenvalue weighted by Gasteiger charge is -2.39. The molecule has 0 spiro atoms.